The highest BCUT2D eigenvalue weighted by Gasteiger charge is 2.25. The number of carbonyl (C=O) groups is 1. The lowest BCUT2D eigenvalue weighted by atomic mass is 10.0. The third-order valence-corrected chi connectivity index (χ3v) is 4.96. The Labute approximate surface area is 161 Å². The van der Waals surface area contributed by atoms with Crippen LogP contribution in [0.15, 0.2) is 54.9 Å². The van der Waals surface area contributed by atoms with Gasteiger partial charge in [0.05, 0.1) is 13.2 Å². The van der Waals surface area contributed by atoms with E-state index in [1.54, 1.807) is 13.3 Å². The number of hydrogen-bond donors (Lipinski definition) is 1. The molecule has 0 saturated heterocycles. The SMILES string of the molecule is COc1cccc(C(C)NC(C)C(=O)N2CCC=C(c3cccnc3)C2)c1. The number of aromatic nitrogens is 1. The molecule has 0 fully saturated rings. The Kier molecular flexibility index (Phi) is 6.24. The summed E-state index contributed by atoms with van der Waals surface area (Å²) >= 11 is 0. The fraction of sp³-hybridized carbons (Fsp3) is 0.364. The van der Waals surface area contributed by atoms with Crippen molar-refractivity contribution in [3.05, 3.63) is 66.0 Å². The van der Waals surface area contributed by atoms with Crippen LogP contribution in [0.4, 0.5) is 0 Å². The number of nitrogens with zero attached hydrogens (tertiary/aromatic N) is 2. The number of amides is 1. The fourth-order valence-corrected chi connectivity index (χ4v) is 3.42. The van der Waals surface area contributed by atoms with Crippen molar-refractivity contribution in [2.45, 2.75) is 32.4 Å². The standard InChI is InChI=1S/C22H27N3O2/c1-16(18-7-4-10-21(13-18)27-3)24-17(2)22(26)25-12-6-9-20(15-25)19-8-5-11-23-14-19/h4-5,7-11,13-14,16-17,24H,6,12,15H2,1-3H3. The van der Waals surface area contributed by atoms with Gasteiger partial charge in [-0.2, -0.15) is 0 Å². The van der Waals surface area contributed by atoms with Crippen molar-refractivity contribution in [2.75, 3.05) is 20.2 Å². The molecule has 2 atom stereocenters. The molecule has 1 aromatic heterocycles. The second-order valence-corrected chi connectivity index (χ2v) is 6.91. The van der Waals surface area contributed by atoms with E-state index in [1.807, 2.05) is 54.4 Å². The second kappa shape index (κ2) is 8.82. The number of hydrogen-bond acceptors (Lipinski definition) is 4. The normalized spacial score (nSPS) is 16.4. The molecular weight excluding hydrogens is 338 g/mol. The summed E-state index contributed by atoms with van der Waals surface area (Å²) < 4.78 is 5.29. The molecule has 2 unspecified atom stereocenters. The highest BCUT2D eigenvalue weighted by Crippen LogP contribution is 2.22. The molecule has 1 amide bonds. The van der Waals surface area contributed by atoms with Crippen LogP contribution in [0.2, 0.25) is 0 Å². The van der Waals surface area contributed by atoms with Crippen molar-refractivity contribution >= 4 is 11.5 Å². The molecule has 5 nitrogen and oxygen atoms in total. The van der Waals surface area contributed by atoms with Crippen molar-refractivity contribution in [1.29, 1.82) is 0 Å². The third kappa shape index (κ3) is 4.74. The summed E-state index contributed by atoms with van der Waals surface area (Å²) in [4.78, 5) is 19.1. The molecule has 0 aliphatic carbocycles. The monoisotopic (exact) mass is 365 g/mol. The smallest absolute Gasteiger partial charge is 0.239 e. The quantitative estimate of drug-likeness (QED) is 0.852. The highest BCUT2D eigenvalue weighted by atomic mass is 16.5. The zero-order valence-corrected chi connectivity index (χ0v) is 16.2. The first-order valence-electron chi connectivity index (χ1n) is 9.36. The molecule has 0 radical (unpaired) electrons. The molecule has 0 saturated carbocycles. The molecule has 1 N–H and O–H groups in total. The highest BCUT2D eigenvalue weighted by molar-refractivity contribution is 5.84. The van der Waals surface area contributed by atoms with E-state index in [0.29, 0.717) is 6.54 Å². The van der Waals surface area contributed by atoms with Crippen LogP contribution < -0.4 is 10.1 Å². The van der Waals surface area contributed by atoms with Crippen LogP contribution >= 0.6 is 0 Å². The molecule has 2 aromatic rings. The summed E-state index contributed by atoms with van der Waals surface area (Å²) in [6.07, 6.45) is 6.69. The summed E-state index contributed by atoms with van der Waals surface area (Å²) in [5.41, 5.74) is 3.35. The number of carbonyl (C=O) groups excluding carboxylic acids is 1. The van der Waals surface area contributed by atoms with Gasteiger partial charge in [0.1, 0.15) is 5.75 Å². The van der Waals surface area contributed by atoms with Crippen LogP contribution in [0.5, 0.6) is 5.75 Å². The van der Waals surface area contributed by atoms with Crippen LogP contribution in [0.1, 0.15) is 37.4 Å². The van der Waals surface area contributed by atoms with Gasteiger partial charge in [-0.1, -0.05) is 24.3 Å². The van der Waals surface area contributed by atoms with Gasteiger partial charge in [0.2, 0.25) is 5.91 Å². The Morgan fingerprint density at radius 2 is 2.11 bits per heavy atom. The van der Waals surface area contributed by atoms with Gasteiger partial charge < -0.3 is 9.64 Å². The Hall–Kier alpha value is -2.66. The minimum Gasteiger partial charge on any atom is -0.497 e. The van der Waals surface area contributed by atoms with Gasteiger partial charge in [-0.15, -0.1) is 0 Å². The molecule has 1 aromatic carbocycles. The molecular formula is C22H27N3O2. The molecule has 0 bridgehead atoms. The molecule has 142 valence electrons. The van der Waals surface area contributed by atoms with Crippen molar-refractivity contribution in [3.8, 4) is 5.75 Å². The van der Waals surface area contributed by atoms with E-state index in [9.17, 15) is 4.79 Å². The van der Waals surface area contributed by atoms with E-state index in [2.05, 4.69) is 23.3 Å². The number of pyridine rings is 1. The van der Waals surface area contributed by atoms with E-state index in [1.165, 1.54) is 0 Å². The van der Waals surface area contributed by atoms with Crippen LogP contribution in [0.25, 0.3) is 5.57 Å². The number of nitrogens with one attached hydrogen (secondary N) is 1. The first-order chi connectivity index (χ1) is 13.1. The summed E-state index contributed by atoms with van der Waals surface area (Å²) in [5.74, 6) is 0.946. The van der Waals surface area contributed by atoms with E-state index >= 15 is 0 Å². The van der Waals surface area contributed by atoms with Gasteiger partial charge in [0, 0.05) is 31.5 Å². The average molecular weight is 365 g/mol. The van der Waals surface area contributed by atoms with E-state index in [0.717, 1.165) is 35.4 Å². The first kappa shape index (κ1) is 19.1. The van der Waals surface area contributed by atoms with Gasteiger partial charge in [-0.3, -0.25) is 15.1 Å². The summed E-state index contributed by atoms with van der Waals surface area (Å²) in [7, 11) is 1.66. The van der Waals surface area contributed by atoms with Crippen molar-refractivity contribution < 1.29 is 9.53 Å². The lowest BCUT2D eigenvalue weighted by Gasteiger charge is -2.31. The molecule has 0 spiro atoms. The van der Waals surface area contributed by atoms with Gasteiger partial charge in [-0.25, -0.2) is 0 Å². The van der Waals surface area contributed by atoms with E-state index in [4.69, 9.17) is 4.74 Å². The number of methoxy groups -OCH3 is 1. The minimum atomic E-state index is -0.264. The minimum absolute atomic E-state index is 0.0529. The molecule has 2 heterocycles. The summed E-state index contributed by atoms with van der Waals surface area (Å²) in [6, 6.07) is 11.7. The van der Waals surface area contributed by atoms with Crippen molar-refractivity contribution in [1.82, 2.24) is 15.2 Å². The van der Waals surface area contributed by atoms with E-state index < -0.39 is 0 Å². The zero-order chi connectivity index (χ0) is 19.2. The second-order valence-electron chi connectivity index (χ2n) is 6.91. The first-order valence-corrected chi connectivity index (χ1v) is 9.36. The summed E-state index contributed by atoms with van der Waals surface area (Å²) in [6.45, 7) is 5.38. The maximum Gasteiger partial charge on any atom is 0.239 e. The lowest BCUT2D eigenvalue weighted by molar-refractivity contribution is -0.132. The number of benzene rings is 1. The molecule has 1 aliphatic rings. The average Bonchev–Trinajstić information content (AvgIpc) is 2.73. The Morgan fingerprint density at radius 1 is 1.26 bits per heavy atom. The Morgan fingerprint density at radius 3 is 2.85 bits per heavy atom. The van der Waals surface area contributed by atoms with Gasteiger partial charge in [0.15, 0.2) is 0 Å². The molecule has 1 aliphatic heterocycles. The van der Waals surface area contributed by atoms with Crippen LogP contribution in [0.3, 0.4) is 0 Å². The maximum atomic E-state index is 13.0. The Balaban J connectivity index is 1.62. The predicted octanol–water partition coefficient (Wildman–Crippen LogP) is 3.45. The van der Waals surface area contributed by atoms with E-state index in [-0.39, 0.29) is 18.0 Å². The van der Waals surface area contributed by atoms with Crippen molar-refractivity contribution in [3.63, 3.8) is 0 Å². The van der Waals surface area contributed by atoms with Gasteiger partial charge in [-0.05, 0) is 55.2 Å². The van der Waals surface area contributed by atoms with Crippen LogP contribution in [-0.4, -0.2) is 42.0 Å². The molecule has 5 heteroatoms. The van der Waals surface area contributed by atoms with Gasteiger partial charge in [0.25, 0.3) is 0 Å². The largest absolute Gasteiger partial charge is 0.497 e. The lowest BCUT2D eigenvalue weighted by Crippen LogP contribution is -2.47. The Bertz CT molecular complexity index is 804. The number of rotatable bonds is 6. The zero-order valence-electron chi connectivity index (χ0n) is 16.2. The number of ether oxygens (including phenoxy) is 1. The van der Waals surface area contributed by atoms with Crippen LogP contribution in [0, 0.1) is 0 Å². The summed E-state index contributed by atoms with van der Waals surface area (Å²) in [5, 5.41) is 3.42. The predicted molar refractivity (Wildman–Crippen MR) is 107 cm³/mol. The molecule has 27 heavy (non-hydrogen) atoms. The van der Waals surface area contributed by atoms with Crippen LogP contribution in [-0.2, 0) is 4.79 Å². The maximum absolute atomic E-state index is 13.0. The molecule has 3 rings (SSSR count). The van der Waals surface area contributed by atoms with Gasteiger partial charge >= 0.3 is 0 Å². The van der Waals surface area contributed by atoms with Crippen molar-refractivity contribution in [2.24, 2.45) is 0 Å². The topological polar surface area (TPSA) is 54.5 Å². The fourth-order valence-electron chi connectivity index (χ4n) is 3.42. The third-order valence-electron chi connectivity index (χ3n) is 4.96.